The summed E-state index contributed by atoms with van der Waals surface area (Å²) in [6.07, 6.45) is 6.58. The maximum atomic E-state index is 11.1. The number of carbonyl (C=O) groups is 1. The van der Waals surface area contributed by atoms with Gasteiger partial charge in [0, 0.05) is 6.42 Å². The van der Waals surface area contributed by atoms with E-state index >= 15 is 0 Å². The molecule has 1 aliphatic rings. The third-order valence-corrected chi connectivity index (χ3v) is 1.88. The van der Waals surface area contributed by atoms with Gasteiger partial charge in [-0.25, -0.2) is 0 Å². The van der Waals surface area contributed by atoms with E-state index in [9.17, 15) is 4.79 Å². The zero-order valence-electron chi connectivity index (χ0n) is 7.38. The Morgan fingerprint density at radius 1 is 1.67 bits per heavy atom. The van der Waals surface area contributed by atoms with Gasteiger partial charge in [-0.05, 0) is 12.8 Å². The van der Waals surface area contributed by atoms with Gasteiger partial charge in [-0.2, -0.15) is 0 Å². The Balaban J connectivity index is 2.38. The number of esters is 1. The van der Waals surface area contributed by atoms with Crippen molar-refractivity contribution in [2.24, 2.45) is 5.92 Å². The first-order valence-corrected chi connectivity index (χ1v) is 4.28. The van der Waals surface area contributed by atoms with Gasteiger partial charge >= 0.3 is 5.97 Å². The summed E-state index contributed by atoms with van der Waals surface area (Å²) in [5.41, 5.74) is 0. The second-order valence-electron chi connectivity index (χ2n) is 2.98. The lowest BCUT2D eigenvalue weighted by atomic mass is 10.0. The predicted molar refractivity (Wildman–Crippen MR) is 47.4 cm³/mol. The second kappa shape index (κ2) is 4.10. The first-order chi connectivity index (χ1) is 5.74. The first-order valence-electron chi connectivity index (χ1n) is 4.28. The number of cyclic esters (lactones) is 1. The maximum Gasteiger partial charge on any atom is 0.314 e. The van der Waals surface area contributed by atoms with E-state index in [1.807, 2.05) is 6.08 Å². The van der Waals surface area contributed by atoms with Crippen LogP contribution in [0.5, 0.6) is 0 Å². The maximum absolute atomic E-state index is 11.1. The Morgan fingerprint density at radius 3 is 2.92 bits per heavy atom. The van der Waals surface area contributed by atoms with Crippen molar-refractivity contribution in [1.82, 2.24) is 0 Å². The van der Waals surface area contributed by atoms with Crippen LogP contribution in [0.1, 0.15) is 26.2 Å². The van der Waals surface area contributed by atoms with E-state index in [1.165, 1.54) is 0 Å². The van der Waals surface area contributed by atoms with Crippen LogP contribution in [0.3, 0.4) is 0 Å². The molecule has 1 heterocycles. The van der Waals surface area contributed by atoms with Crippen molar-refractivity contribution in [3.8, 4) is 0 Å². The molecule has 0 amide bonds. The minimum Gasteiger partial charge on any atom is -0.431 e. The van der Waals surface area contributed by atoms with E-state index in [1.54, 1.807) is 0 Å². The van der Waals surface area contributed by atoms with E-state index in [0.29, 0.717) is 12.2 Å². The quantitative estimate of drug-likeness (QED) is 0.475. The van der Waals surface area contributed by atoms with Crippen molar-refractivity contribution in [3.05, 3.63) is 24.5 Å². The summed E-state index contributed by atoms with van der Waals surface area (Å²) in [4.78, 5) is 11.1. The molecule has 0 spiro atoms. The molecule has 1 rings (SSSR count). The van der Waals surface area contributed by atoms with Crippen LogP contribution in [0, 0.1) is 5.92 Å². The normalized spacial score (nSPS) is 23.6. The number of hydrogen-bond acceptors (Lipinski definition) is 2. The van der Waals surface area contributed by atoms with Gasteiger partial charge in [0.1, 0.15) is 5.76 Å². The molecule has 0 aromatic heterocycles. The van der Waals surface area contributed by atoms with Crippen LogP contribution in [0.2, 0.25) is 0 Å². The summed E-state index contributed by atoms with van der Waals surface area (Å²) < 4.78 is 4.84. The SMILES string of the molecule is C=C1CC(C/C=C/CC)C(=O)O1. The molecule has 66 valence electrons. The molecule has 0 aromatic carbocycles. The highest BCUT2D eigenvalue weighted by molar-refractivity contribution is 5.76. The summed E-state index contributed by atoms with van der Waals surface area (Å²) in [7, 11) is 0. The van der Waals surface area contributed by atoms with Gasteiger partial charge in [0.25, 0.3) is 0 Å². The zero-order chi connectivity index (χ0) is 8.97. The molecule has 1 saturated heterocycles. The van der Waals surface area contributed by atoms with Crippen molar-refractivity contribution in [2.45, 2.75) is 26.2 Å². The summed E-state index contributed by atoms with van der Waals surface area (Å²) in [6, 6.07) is 0. The summed E-state index contributed by atoms with van der Waals surface area (Å²) in [5.74, 6) is 0.496. The molecular formula is C10H14O2. The number of rotatable bonds is 3. The molecule has 1 unspecified atom stereocenters. The number of allylic oxidation sites excluding steroid dienone is 3. The fourth-order valence-corrected chi connectivity index (χ4v) is 1.23. The third-order valence-electron chi connectivity index (χ3n) is 1.88. The third kappa shape index (κ3) is 2.22. The monoisotopic (exact) mass is 166 g/mol. The van der Waals surface area contributed by atoms with Crippen LogP contribution in [0.15, 0.2) is 24.5 Å². The van der Waals surface area contributed by atoms with Crippen LogP contribution < -0.4 is 0 Å². The molecule has 1 fully saturated rings. The molecule has 2 nitrogen and oxygen atoms in total. The van der Waals surface area contributed by atoms with Gasteiger partial charge in [0.15, 0.2) is 0 Å². The minimum atomic E-state index is -0.124. The fraction of sp³-hybridized carbons (Fsp3) is 0.500. The number of hydrogen-bond donors (Lipinski definition) is 0. The van der Waals surface area contributed by atoms with Crippen molar-refractivity contribution in [1.29, 1.82) is 0 Å². The second-order valence-corrected chi connectivity index (χ2v) is 2.98. The molecule has 1 atom stereocenters. The first kappa shape index (κ1) is 9.04. The van der Waals surface area contributed by atoms with Crippen molar-refractivity contribution in [3.63, 3.8) is 0 Å². The van der Waals surface area contributed by atoms with Crippen LogP contribution in [0.25, 0.3) is 0 Å². The highest BCUT2D eigenvalue weighted by Crippen LogP contribution is 2.25. The zero-order valence-corrected chi connectivity index (χ0v) is 7.38. The Labute approximate surface area is 72.9 Å². The predicted octanol–water partition coefficient (Wildman–Crippen LogP) is 2.42. The molecule has 0 bridgehead atoms. The highest BCUT2D eigenvalue weighted by Gasteiger charge is 2.27. The van der Waals surface area contributed by atoms with Gasteiger partial charge in [0.05, 0.1) is 5.92 Å². The van der Waals surface area contributed by atoms with Crippen LogP contribution in [-0.4, -0.2) is 5.97 Å². The van der Waals surface area contributed by atoms with Crippen LogP contribution in [-0.2, 0) is 9.53 Å². The van der Waals surface area contributed by atoms with Gasteiger partial charge in [-0.15, -0.1) is 0 Å². The van der Waals surface area contributed by atoms with E-state index < -0.39 is 0 Å². The largest absolute Gasteiger partial charge is 0.431 e. The van der Waals surface area contributed by atoms with Gasteiger partial charge < -0.3 is 4.74 Å². The molecule has 0 aromatic rings. The average Bonchev–Trinajstić information content (AvgIpc) is 2.31. The van der Waals surface area contributed by atoms with E-state index in [4.69, 9.17) is 4.74 Å². The molecule has 0 N–H and O–H groups in total. The van der Waals surface area contributed by atoms with Crippen molar-refractivity contribution < 1.29 is 9.53 Å². The summed E-state index contributed by atoms with van der Waals surface area (Å²) in [5, 5.41) is 0. The van der Waals surface area contributed by atoms with E-state index in [0.717, 1.165) is 12.8 Å². The molecule has 0 aliphatic carbocycles. The van der Waals surface area contributed by atoms with E-state index in [-0.39, 0.29) is 11.9 Å². The smallest absolute Gasteiger partial charge is 0.314 e. The molecule has 0 saturated carbocycles. The van der Waals surface area contributed by atoms with Crippen molar-refractivity contribution >= 4 is 5.97 Å². The molecule has 12 heavy (non-hydrogen) atoms. The number of ether oxygens (including phenoxy) is 1. The van der Waals surface area contributed by atoms with Crippen LogP contribution in [0.4, 0.5) is 0 Å². The Kier molecular flexibility index (Phi) is 3.09. The van der Waals surface area contributed by atoms with Gasteiger partial charge in [-0.1, -0.05) is 25.7 Å². The standard InChI is InChI=1S/C10H14O2/c1-3-4-5-6-9-7-8(2)12-10(9)11/h4-5,9H,2-3,6-7H2,1H3/b5-4+. The molecular weight excluding hydrogens is 152 g/mol. The molecule has 0 radical (unpaired) electrons. The molecule has 1 aliphatic heterocycles. The molecule has 2 heteroatoms. The van der Waals surface area contributed by atoms with E-state index in [2.05, 4.69) is 19.6 Å². The fourth-order valence-electron chi connectivity index (χ4n) is 1.23. The van der Waals surface area contributed by atoms with Crippen LogP contribution >= 0.6 is 0 Å². The topological polar surface area (TPSA) is 26.3 Å². The summed E-state index contributed by atoms with van der Waals surface area (Å²) in [6.45, 7) is 5.69. The number of carbonyl (C=O) groups excluding carboxylic acids is 1. The Morgan fingerprint density at radius 2 is 2.42 bits per heavy atom. The average molecular weight is 166 g/mol. The Bertz CT molecular complexity index is 216. The van der Waals surface area contributed by atoms with Gasteiger partial charge in [-0.3, -0.25) is 4.79 Å². The van der Waals surface area contributed by atoms with Crippen molar-refractivity contribution in [2.75, 3.05) is 0 Å². The lowest BCUT2D eigenvalue weighted by Crippen LogP contribution is -2.05. The Hall–Kier alpha value is -1.05. The minimum absolute atomic E-state index is 0.0142. The lowest BCUT2D eigenvalue weighted by molar-refractivity contribution is -0.138. The van der Waals surface area contributed by atoms with Gasteiger partial charge in [0.2, 0.25) is 0 Å². The summed E-state index contributed by atoms with van der Waals surface area (Å²) >= 11 is 0. The highest BCUT2D eigenvalue weighted by atomic mass is 16.5. The lowest BCUT2D eigenvalue weighted by Gasteiger charge is -1.97.